The number of nitrogens with zero attached hydrogens (tertiary/aromatic N) is 1. The largest absolute Gasteiger partial charge is 0.508 e. The summed E-state index contributed by atoms with van der Waals surface area (Å²) in [5.74, 6) is -1.07. The van der Waals surface area contributed by atoms with Gasteiger partial charge in [-0.25, -0.2) is 0 Å². The van der Waals surface area contributed by atoms with E-state index in [0.29, 0.717) is 17.7 Å². The summed E-state index contributed by atoms with van der Waals surface area (Å²) >= 11 is 0. The Hall–Kier alpha value is -2.04. The zero-order valence-electron chi connectivity index (χ0n) is 11.4. The normalized spacial score (nSPS) is 10.5. The summed E-state index contributed by atoms with van der Waals surface area (Å²) in [6, 6.07) is 4.50. The minimum Gasteiger partial charge on any atom is -0.508 e. The molecular formula is C14H19NO4. The molecule has 0 fully saturated rings. The van der Waals surface area contributed by atoms with Crippen molar-refractivity contribution in [3.05, 3.63) is 29.3 Å². The first-order valence-electron chi connectivity index (χ1n) is 6.12. The maximum Gasteiger partial charge on any atom is 0.323 e. The second-order valence-corrected chi connectivity index (χ2v) is 4.97. The highest BCUT2D eigenvalue weighted by Crippen LogP contribution is 2.18. The fraction of sp³-hybridized carbons (Fsp3) is 0.429. The van der Waals surface area contributed by atoms with E-state index in [1.807, 2.05) is 13.8 Å². The Morgan fingerprint density at radius 1 is 1.32 bits per heavy atom. The number of aryl methyl sites for hydroxylation is 1. The van der Waals surface area contributed by atoms with Crippen LogP contribution in [0.3, 0.4) is 0 Å². The molecule has 0 atom stereocenters. The summed E-state index contributed by atoms with van der Waals surface area (Å²) in [5.41, 5.74) is 0.975. The highest BCUT2D eigenvalue weighted by atomic mass is 16.4. The number of benzene rings is 1. The van der Waals surface area contributed by atoms with Crippen LogP contribution in [0.2, 0.25) is 0 Å². The Morgan fingerprint density at radius 2 is 1.95 bits per heavy atom. The first kappa shape index (κ1) is 15.0. The lowest BCUT2D eigenvalue weighted by Crippen LogP contribution is -2.38. The Balaban J connectivity index is 2.97. The van der Waals surface area contributed by atoms with Gasteiger partial charge in [-0.15, -0.1) is 0 Å². The van der Waals surface area contributed by atoms with Crippen LogP contribution in [0.4, 0.5) is 0 Å². The van der Waals surface area contributed by atoms with Gasteiger partial charge >= 0.3 is 5.97 Å². The predicted molar refractivity (Wildman–Crippen MR) is 71.2 cm³/mol. The summed E-state index contributed by atoms with van der Waals surface area (Å²) < 4.78 is 0. The monoisotopic (exact) mass is 265 g/mol. The van der Waals surface area contributed by atoms with Gasteiger partial charge in [-0.05, 0) is 36.6 Å². The number of carboxylic acid groups (broad SMARTS) is 1. The van der Waals surface area contributed by atoms with Gasteiger partial charge in [0, 0.05) is 12.1 Å². The smallest absolute Gasteiger partial charge is 0.323 e. The van der Waals surface area contributed by atoms with Crippen molar-refractivity contribution in [3.8, 4) is 5.75 Å². The fourth-order valence-corrected chi connectivity index (χ4v) is 1.79. The standard InChI is InChI=1S/C14H19NO4/c1-9(2)7-15(8-13(17)18)14(19)11-4-5-12(16)10(3)6-11/h4-6,9,16H,7-8H2,1-3H3,(H,17,18). The molecule has 1 aromatic carbocycles. The van der Waals surface area contributed by atoms with Crippen LogP contribution in [-0.2, 0) is 4.79 Å². The minimum atomic E-state index is -1.04. The van der Waals surface area contributed by atoms with E-state index in [2.05, 4.69) is 0 Å². The first-order chi connectivity index (χ1) is 8.81. The Labute approximate surface area is 112 Å². The quantitative estimate of drug-likeness (QED) is 0.852. The summed E-state index contributed by atoms with van der Waals surface area (Å²) in [7, 11) is 0. The molecule has 0 unspecified atom stereocenters. The van der Waals surface area contributed by atoms with Gasteiger partial charge in [-0.3, -0.25) is 9.59 Å². The number of phenols is 1. The topological polar surface area (TPSA) is 77.8 Å². The average molecular weight is 265 g/mol. The number of hydrogen-bond acceptors (Lipinski definition) is 3. The van der Waals surface area contributed by atoms with Crippen LogP contribution in [0.15, 0.2) is 18.2 Å². The van der Waals surface area contributed by atoms with Crippen molar-refractivity contribution in [2.75, 3.05) is 13.1 Å². The molecule has 1 aromatic rings. The SMILES string of the molecule is Cc1cc(C(=O)N(CC(=O)O)CC(C)C)ccc1O. The van der Waals surface area contributed by atoms with E-state index in [9.17, 15) is 14.7 Å². The maximum absolute atomic E-state index is 12.3. The van der Waals surface area contributed by atoms with Crippen molar-refractivity contribution >= 4 is 11.9 Å². The third-order valence-corrected chi connectivity index (χ3v) is 2.64. The molecule has 5 heteroatoms. The van der Waals surface area contributed by atoms with Gasteiger partial charge in [-0.2, -0.15) is 0 Å². The molecule has 1 rings (SSSR count). The van der Waals surface area contributed by atoms with E-state index in [1.54, 1.807) is 13.0 Å². The summed E-state index contributed by atoms with van der Waals surface area (Å²) in [6.07, 6.45) is 0. The zero-order chi connectivity index (χ0) is 14.6. The summed E-state index contributed by atoms with van der Waals surface area (Å²) in [5, 5.41) is 18.3. The van der Waals surface area contributed by atoms with Crippen LogP contribution in [0.25, 0.3) is 0 Å². The molecule has 19 heavy (non-hydrogen) atoms. The van der Waals surface area contributed by atoms with Crippen LogP contribution in [-0.4, -0.2) is 40.1 Å². The molecule has 0 bridgehead atoms. The molecule has 0 aliphatic heterocycles. The summed E-state index contributed by atoms with van der Waals surface area (Å²) in [4.78, 5) is 24.4. The number of carbonyl (C=O) groups excluding carboxylic acids is 1. The van der Waals surface area contributed by atoms with Gasteiger partial charge in [0.2, 0.25) is 0 Å². The Bertz CT molecular complexity index is 482. The third kappa shape index (κ3) is 4.28. The molecule has 104 valence electrons. The number of phenolic OH excluding ortho intramolecular Hbond substituents is 1. The van der Waals surface area contributed by atoms with Gasteiger partial charge in [-0.1, -0.05) is 13.8 Å². The van der Waals surface area contributed by atoms with Crippen LogP contribution in [0.5, 0.6) is 5.75 Å². The highest BCUT2D eigenvalue weighted by Gasteiger charge is 2.19. The van der Waals surface area contributed by atoms with E-state index >= 15 is 0 Å². The highest BCUT2D eigenvalue weighted by molar-refractivity contribution is 5.96. The predicted octanol–water partition coefficient (Wildman–Crippen LogP) is 1.88. The second kappa shape index (κ2) is 6.22. The maximum atomic E-state index is 12.3. The molecule has 0 spiro atoms. The van der Waals surface area contributed by atoms with E-state index in [-0.39, 0.29) is 24.1 Å². The van der Waals surface area contributed by atoms with Gasteiger partial charge in [0.25, 0.3) is 5.91 Å². The van der Waals surface area contributed by atoms with Gasteiger partial charge in [0.15, 0.2) is 0 Å². The van der Waals surface area contributed by atoms with Crippen LogP contribution < -0.4 is 0 Å². The number of carboxylic acids is 1. The molecule has 0 radical (unpaired) electrons. The minimum absolute atomic E-state index is 0.116. The first-order valence-corrected chi connectivity index (χ1v) is 6.12. The Morgan fingerprint density at radius 3 is 2.42 bits per heavy atom. The summed E-state index contributed by atoms with van der Waals surface area (Å²) in [6.45, 7) is 5.59. The van der Waals surface area contributed by atoms with E-state index in [0.717, 1.165) is 0 Å². The molecule has 0 aromatic heterocycles. The van der Waals surface area contributed by atoms with Crippen molar-refractivity contribution in [2.24, 2.45) is 5.92 Å². The molecule has 0 aliphatic rings. The number of carbonyl (C=O) groups is 2. The van der Waals surface area contributed by atoms with E-state index < -0.39 is 5.97 Å². The van der Waals surface area contributed by atoms with Gasteiger partial charge in [0.05, 0.1) is 0 Å². The lowest BCUT2D eigenvalue weighted by atomic mass is 10.1. The Kier molecular flexibility index (Phi) is 4.92. The molecule has 1 amide bonds. The van der Waals surface area contributed by atoms with Gasteiger partial charge < -0.3 is 15.1 Å². The molecule has 2 N–H and O–H groups in total. The number of amides is 1. The van der Waals surface area contributed by atoms with E-state index in [4.69, 9.17) is 5.11 Å². The van der Waals surface area contributed by atoms with Crippen molar-refractivity contribution in [1.29, 1.82) is 0 Å². The fourth-order valence-electron chi connectivity index (χ4n) is 1.79. The second-order valence-electron chi connectivity index (χ2n) is 4.97. The van der Waals surface area contributed by atoms with Crippen LogP contribution in [0, 0.1) is 12.8 Å². The van der Waals surface area contributed by atoms with Crippen LogP contribution >= 0.6 is 0 Å². The molecule has 5 nitrogen and oxygen atoms in total. The lowest BCUT2D eigenvalue weighted by Gasteiger charge is -2.23. The molecule has 0 aliphatic carbocycles. The third-order valence-electron chi connectivity index (χ3n) is 2.64. The molecule has 0 saturated heterocycles. The van der Waals surface area contributed by atoms with Crippen molar-refractivity contribution in [3.63, 3.8) is 0 Å². The van der Waals surface area contributed by atoms with Crippen molar-refractivity contribution in [2.45, 2.75) is 20.8 Å². The number of aromatic hydroxyl groups is 1. The van der Waals surface area contributed by atoms with Crippen molar-refractivity contribution < 1.29 is 19.8 Å². The van der Waals surface area contributed by atoms with Gasteiger partial charge in [0.1, 0.15) is 12.3 Å². The molecule has 0 heterocycles. The zero-order valence-corrected chi connectivity index (χ0v) is 11.4. The molecular weight excluding hydrogens is 246 g/mol. The lowest BCUT2D eigenvalue weighted by molar-refractivity contribution is -0.137. The van der Waals surface area contributed by atoms with Crippen LogP contribution in [0.1, 0.15) is 29.8 Å². The number of rotatable bonds is 5. The average Bonchev–Trinajstić information content (AvgIpc) is 2.29. The number of hydrogen-bond donors (Lipinski definition) is 2. The number of aliphatic carboxylic acids is 1. The van der Waals surface area contributed by atoms with E-state index in [1.165, 1.54) is 17.0 Å². The molecule has 0 saturated carbocycles. The van der Waals surface area contributed by atoms with Crippen molar-refractivity contribution in [1.82, 2.24) is 4.90 Å².